The van der Waals surface area contributed by atoms with Gasteiger partial charge in [0.2, 0.25) is 5.91 Å². The molecule has 2 aromatic rings. The summed E-state index contributed by atoms with van der Waals surface area (Å²) in [6.07, 6.45) is 1.90. The molecule has 4 heteroatoms. The summed E-state index contributed by atoms with van der Waals surface area (Å²) in [5.74, 6) is 0.290. The van der Waals surface area contributed by atoms with Crippen molar-refractivity contribution in [2.24, 2.45) is 0 Å². The fourth-order valence-electron chi connectivity index (χ4n) is 3.82. The molecule has 1 amide bonds. The van der Waals surface area contributed by atoms with E-state index < -0.39 is 0 Å². The van der Waals surface area contributed by atoms with Gasteiger partial charge in [-0.1, -0.05) is 35.9 Å². The van der Waals surface area contributed by atoms with Gasteiger partial charge in [0.15, 0.2) is 0 Å². The molecule has 4 rings (SSSR count). The van der Waals surface area contributed by atoms with Crippen molar-refractivity contribution in [2.45, 2.75) is 25.2 Å². The highest BCUT2D eigenvalue weighted by Gasteiger charge is 2.53. The topological polar surface area (TPSA) is 23.6 Å². The van der Waals surface area contributed by atoms with Gasteiger partial charge in [-0.15, -0.1) is 0 Å². The molecule has 2 aliphatic rings. The van der Waals surface area contributed by atoms with Crippen LogP contribution in [0.25, 0.3) is 0 Å². The van der Waals surface area contributed by atoms with Crippen LogP contribution >= 0.6 is 11.6 Å². The van der Waals surface area contributed by atoms with Crippen LogP contribution in [-0.4, -0.2) is 37.0 Å². The molecule has 1 saturated heterocycles. The van der Waals surface area contributed by atoms with Crippen molar-refractivity contribution < 1.29 is 4.79 Å². The van der Waals surface area contributed by atoms with Gasteiger partial charge in [-0.2, -0.15) is 0 Å². The summed E-state index contributed by atoms with van der Waals surface area (Å²) < 4.78 is 0. The van der Waals surface area contributed by atoms with E-state index >= 15 is 0 Å². The Morgan fingerprint density at radius 3 is 2.28 bits per heavy atom. The Kier molecular flexibility index (Phi) is 4.20. The molecule has 0 radical (unpaired) electrons. The molecular weight excluding hydrogens is 332 g/mol. The van der Waals surface area contributed by atoms with Gasteiger partial charge in [-0.3, -0.25) is 4.79 Å². The number of amides is 1. The molecular formula is C21H23ClN2O. The normalized spacial score (nSPS) is 19.0. The van der Waals surface area contributed by atoms with Crippen molar-refractivity contribution in [1.29, 1.82) is 0 Å². The number of halogens is 1. The maximum atomic E-state index is 13.1. The molecule has 25 heavy (non-hydrogen) atoms. The van der Waals surface area contributed by atoms with Crippen molar-refractivity contribution in [3.8, 4) is 0 Å². The van der Waals surface area contributed by atoms with Gasteiger partial charge in [0.25, 0.3) is 0 Å². The van der Waals surface area contributed by atoms with E-state index in [2.05, 4.69) is 36.1 Å². The summed E-state index contributed by atoms with van der Waals surface area (Å²) in [6.45, 7) is 5.49. The molecule has 0 unspecified atom stereocenters. The first-order chi connectivity index (χ1) is 12.1. The molecule has 130 valence electrons. The van der Waals surface area contributed by atoms with Crippen LogP contribution in [0.3, 0.4) is 0 Å². The molecule has 1 saturated carbocycles. The molecule has 0 N–H and O–H groups in total. The van der Waals surface area contributed by atoms with Crippen molar-refractivity contribution in [3.63, 3.8) is 0 Å². The third-order valence-corrected chi connectivity index (χ3v) is 5.74. The third-order valence-electron chi connectivity index (χ3n) is 5.49. The molecule has 2 aromatic carbocycles. The molecule has 1 aliphatic heterocycles. The summed E-state index contributed by atoms with van der Waals surface area (Å²) in [5, 5.41) is 0.721. The fraction of sp³-hybridized carbons (Fsp3) is 0.381. The quantitative estimate of drug-likeness (QED) is 0.830. The summed E-state index contributed by atoms with van der Waals surface area (Å²) in [6, 6.07) is 16.4. The lowest BCUT2D eigenvalue weighted by Gasteiger charge is -2.38. The first-order valence-corrected chi connectivity index (χ1v) is 9.33. The zero-order valence-electron chi connectivity index (χ0n) is 14.5. The number of rotatable bonds is 3. The summed E-state index contributed by atoms with van der Waals surface area (Å²) >= 11 is 5.99. The largest absolute Gasteiger partial charge is 0.368 e. The van der Waals surface area contributed by atoms with Crippen molar-refractivity contribution in [2.75, 3.05) is 31.1 Å². The van der Waals surface area contributed by atoms with Gasteiger partial charge in [-0.25, -0.2) is 0 Å². The van der Waals surface area contributed by atoms with Gasteiger partial charge in [0.05, 0.1) is 5.41 Å². The van der Waals surface area contributed by atoms with Gasteiger partial charge in [0.1, 0.15) is 0 Å². The zero-order valence-corrected chi connectivity index (χ0v) is 15.3. The Morgan fingerprint density at radius 1 is 1.00 bits per heavy atom. The minimum atomic E-state index is -0.296. The second-order valence-electron chi connectivity index (χ2n) is 7.21. The van der Waals surface area contributed by atoms with Gasteiger partial charge in [0, 0.05) is 36.9 Å². The van der Waals surface area contributed by atoms with Gasteiger partial charge >= 0.3 is 0 Å². The monoisotopic (exact) mass is 354 g/mol. The van der Waals surface area contributed by atoms with Crippen LogP contribution in [0.2, 0.25) is 5.02 Å². The fourth-order valence-corrected chi connectivity index (χ4v) is 3.94. The highest BCUT2D eigenvalue weighted by Crippen LogP contribution is 2.49. The highest BCUT2D eigenvalue weighted by atomic mass is 35.5. The molecule has 0 aromatic heterocycles. The van der Waals surface area contributed by atoms with Crippen molar-refractivity contribution in [1.82, 2.24) is 4.90 Å². The van der Waals surface area contributed by atoms with Crippen molar-refractivity contribution >= 4 is 23.2 Å². The van der Waals surface area contributed by atoms with Crippen molar-refractivity contribution in [3.05, 3.63) is 64.7 Å². The molecule has 0 atom stereocenters. The van der Waals surface area contributed by atoms with E-state index in [1.165, 1.54) is 11.3 Å². The molecule has 1 aliphatic carbocycles. The van der Waals surface area contributed by atoms with E-state index in [0.717, 1.165) is 49.6 Å². The predicted octanol–water partition coefficient (Wildman–Crippen LogP) is 4.03. The van der Waals surface area contributed by atoms with Crippen LogP contribution in [-0.2, 0) is 10.2 Å². The number of carbonyl (C=O) groups is 1. The van der Waals surface area contributed by atoms with Crippen LogP contribution in [0, 0.1) is 6.92 Å². The van der Waals surface area contributed by atoms with E-state index in [4.69, 9.17) is 11.6 Å². The van der Waals surface area contributed by atoms with Crippen LogP contribution in [0.15, 0.2) is 48.5 Å². The SMILES string of the molecule is Cc1cccc(N2CCN(C(=O)C3(c4ccc(Cl)cc4)CC3)CC2)c1. The van der Waals surface area contributed by atoms with E-state index in [1.54, 1.807) is 0 Å². The maximum absolute atomic E-state index is 13.1. The summed E-state index contributed by atoms with van der Waals surface area (Å²) in [7, 11) is 0. The molecule has 1 heterocycles. The molecule has 3 nitrogen and oxygen atoms in total. The zero-order chi connectivity index (χ0) is 17.4. The standard InChI is InChI=1S/C21H23ClN2O/c1-16-3-2-4-19(15-16)23-11-13-24(14-12-23)20(25)21(9-10-21)17-5-7-18(22)8-6-17/h2-8,15H,9-14H2,1H3. The summed E-state index contributed by atoms with van der Waals surface area (Å²) in [5.41, 5.74) is 3.35. The average molecular weight is 355 g/mol. The Labute approximate surface area is 154 Å². The number of nitrogens with zero attached hydrogens (tertiary/aromatic N) is 2. The second-order valence-corrected chi connectivity index (χ2v) is 7.64. The van der Waals surface area contributed by atoms with E-state index in [1.807, 2.05) is 29.2 Å². The lowest BCUT2D eigenvalue weighted by Crippen LogP contribution is -2.51. The number of aryl methyl sites for hydroxylation is 1. The van der Waals surface area contributed by atoms with Gasteiger partial charge < -0.3 is 9.80 Å². The number of anilines is 1. The van der Waals surface area contributed by atoms with E-state index in [9.17, 15) is 4.79 Å². The maximum Gasteiger partial charge on any atom is 0.233 e. The van der Waals surface area contributed by atoms with Crippen LogP contribution in [0.4, 0.5) is 5.69 Å². The van der Waals surface area contributed by atoms with E-state index in [-0.39, 0.29) is 5.41 Å². The number of piperazine rings is 1. The smallest absolute Gasteiger partial charge is 0.233 e. The second kappa shape index (κ2) is 6.38. The molecule has 0 spiro atoms. The van der Waals surface area contributed by atoms with Crippen LogP contribution < -0.4 is 4.90 Å². The predicted molar refractivity (Wildman–Crippen MR) is 102 cm³/mol. The molecule has 0 bridgehead atoms. The third kappa shape index (κ3) is 3.13. The lowest BCUT2D eigenvalue weighted by atomic mass is 9.94. The first kappa shape index (κ1) is 16.5. The lowest BCUT2D eigenvalue weighted by molar-refractivity contribution is -0.134. The van der Waals surface area contributed by atoms with Crippen LogP contribution in [0.5, 0.6) is 0 Å². The Balaban J connectivity index is 1.44. The minimum Gasteiger partial charge on any atom is -0.368 e. The first-order valence-electron chi connectivity index (χ1n) is 8.96. The Hall–Kier alpha value is -2.00. The number of hydrogen-bond acceptors (Lipinski definition) is 2. The number of hydrogen-bond donors (Lipinski definition) is 0. The number of benzene rings is 2. The Morgan fingerprint density at radius 2 is 1.68 bits per heavy atom. The van der Waals surface area contributed by atoms with E-state index in [0.29, 0.717) is 5.91 Å². The summed E-state index contributed by atoms with van der Waals surface area (Å²) in [4.78, 5) is 17.6. The van der Waals surface area contributed by atoms with Gasteiger partial charge in [-0.05, 0) is 55.2 Å². The minimum absolute atomic E-state index is 0.290. The highest BCUT2D eigenvalue weighted by molar-refractivity contribution is 6.30. The number of carbonyl (C=O) groups excluding carboxylic acids is 1. The molecule has 2 fully saturated rings. The average Bonchev–Trinajstić information content (AvgIpc) is 3.44. The Bertz CT molecular complexity index is 775. The van der Waals surface area contributed by atoms with Crippen LogP contribution in [0.1, 0.15) is 24.0 Å².